The first-order valence-electron chi connectivity index (χ1n) is 9.20. The third-order valence-corrected chi connectivity index (χ3v) is 4.65. The maximum absolute atomic E-state index is 12.4. The Balaban J connectivity index is 2.03. The number of nitrogens with zero attached hydrogens (tertiary/aromatic N) is 1. The lowest BCUT2D eigenvalue weighted by Gasteiger charge is -2.34. The van der Waals surface area contributed by atoms with Gasteiger partial charge in [0.15, 0.2) is 18.1 Å². The third-order valence-electron chi connectivity index (χ3n) is 4.37. The van der Waals surface area contributed by atoms with Gasteiger partial charge in [-0.3, -0.25) is 4.79 Å². The van der Waals surface area contributed by atoms with Crippen LogP contribution in [0.4, 0.5) is 0 Å². The minimum Gasteiger partial charge on any atom is -0.493 e. The molecule has 1 aliphatic rings. The summed E-state index contributed by atoms with van der Waals surface area (Å²) in [5, 5.41) is 0.250. The number of methoxy groups -OCH3 is 1. The van der Waals surface area contributed by atoms with Gasteiger partial charge in [-0.05, 0) is 44.2 Å². The molecule has 0 N–H and O–H groups in total. The molecule has 150 valence electrons. The van der Waals surface area contributed by atoms with E-state index in [0.717, 1.165) is 6.42 Å². The van der Waals surface area contributed by atoms with Gasteiger partial charge in [0.25, 0.3) is 5.91 Å². The van der Waals surface area contributed by atoms with Crippen molar-refractivity contribution in [1.82, 2.24) is 4.90 Å². The number of carbonyl (C=O) groups is 2. The van der Waals surface area contributed by atoms with Crippen molar-refractivity contribution in [3.05, 3.63) is 22.7 Å². The van der Waals surface area contributed by atoms with E-state index in [1.165, 1.54) is 19.2 Å². The molecule has 27 heavy (non-hydrogen) atoms. The normalized spacial score (nSPS) is 19.7. The summed E-state index contributed by atoms with van der Waals surface area (Å²) in [6, 6.07) is 2.96. The Bertz CT molecular complexity index is 681. The van der Waals surface area contributed by atoms with E-state index in [-0.39, 0.29) is 29.2 Å². The molecule has 0 spiro atoms. The molecule has 0 saturated carbocycles. The number of carbonyl (C=O) groups excluding carboxylic acids is 2. The number of ether oxygens (including phenoxy) is 3. The lowest BCUT2D eigenvalue weighted by molar-refractivity contribution is -0.137. The van der Waals surface area contributed by atoms with Gasteiger partial charge in [-0.25, -0.2) is 4.79 Å². The van der Waals surface area contributed by atoms with E-state index >= 15 is 0 Å². The van der Waals surface area contributed by atoms with E-state index in [1.807, 2.05) is 13.8 Å². The maximum Gasteiger partial charge on any atom is 0.338 e. The average Bonchev–Trinajstić information content (AvgIpc) is 2.59. The van der Waals surface area contributed by atoms with Gasteiger partial charge in [-0.15, -0.1) is 0 Å². The second kappa shape index (κ2) is 9.31. The molecule has 0 unspecified atom stereocenters. The minimum absolute atomic E-state index is 0.0962. The summed E-state index contributed by atoms with van der Waals surface area (Å²) in [7, 11) is 1.47. The summed E-state index contributed by atoms with van der Waals surface area (Å²) < 4.78 is 16.1. The number of rotatable bonds is 6. The molecule has 1 aromatic rings. The number of piperidine rings is 1. The second-order valence-corrected chi connectivity index (χ2v) is 7.88. The van der Waals surface area contributed by atoms with Crippen LogP contribution in [0.1, 0.15) is 44.5 Å². The van der Waals surface area contributed by atoms with E-state index in [0.29, 0.717) is 36.4 Å². The first-order chi connectivity index (χ1) is 12.7. The molecule has 1 fully saturated rings. The monoisotopic (exact) mass is 397 g/mol. The molecule has 0 radical (unpaired) electrons. The molecule has 1 saturated heterocycles. The van der Waals surface area contributed by atoms with Gasteiger partial charge in [-0.2, -0.15) is 0 Å². The lowest BCUT2D eigenvalue weighted by Crippen LogP contribution is -2.44. The molecule has 0 aliphatic carbocycles. The Morgan fingerprint density at radius 1 is 1.22 bits per heavy atom. The number of halogens is 1. The molecule has 0 bridgehead atoms. The van der Waals surface area contributed by atoms with Gasteiger partial charge in [0.2, 0.25) is 0 Å². The summed E-state index contributed by atoms with van der Waals surface area (Å²) in [5.74, 6) is 0.804. The van der Waals surface area contributed by atoms with E-state index in [2.05, 4.69) is 13.8 Å². The van der Waals surface area contributed by atoms with E-state index in [1.54, 1.807) is 4.90 Å². The van der Waals surface area contributed by atoms with Crippen LogP contribution in [0, 0.1) is 11.8 Å². The van der Waals surface area contributed by atoms with Crippen LogP contribution in [0.2, 0.25) is 5.02 Å². The van der Waals surface area contributed by atoms with Crippen LogP contribution in [-0.2, 0) is 9.53 Å². The molecular weight excluding hydrogens is 370 g/mol. The summed E-state index contributed by atoms with van der Waals surface area (Å²) in [4.78, 5) is 26.5. The number of hydrogen-bond donors (Lipinski definition) is 0. The highest BCUT2D eigenvalue weighted by molar-refractivity contribution is 6.32. The van der Waals surface area contributed by atoms with Crippen LogP contribution in [0.3, 0.4) is 0 Å². The zero-order chi connectivity index (χ0) is 20.1. The predicted octanol–water partition coefficient (Wildman–Crippen LogP) is 3.80. The number of likely N-dealkylation sites (tertiary alicyclic amines) is 1. The fourth-order valence-electron chi connectivity index (χ4n) is 3.36. The van der Waals surface area contributed by atoms with Crippen molar-refractivity contribution in [1.29, 1.82) is 0 Å². The largest absolute Gasteiger partial charge is 0.493 e. The van der Waals surface area contributed by atoms with E-state index in [4.69, 9.17) is 25.8 Å². The van der Waals surface area contributed by atoms with Crippen molar-refractivity contribution < 1.29 is 23.8 Å². The Hall–Kier alpha value is -1.95. The maximum atomic E-state index is 12.4. The van der Waals surface area contributed by atoms with Crippen LogP contribution in [0.5, 0.6) is 11.5 Å². The van der Waals surface area contributed by atoms with E-state index < -0.39 is 5.97 Å². The topological polar surface area (TPSA) is 65.1 Å². The number of benzene rings is 1. The van der Waals surface area contributed by atoms with Crippen molar-refractivity contribution >= 4 is 23.5 Å². The van der Waals surface area contributed by atoms with Crippen molar-refractivity contribution in [2.24, 2.45) is 11.8 Å². The Morgan fingerprint density at radius 3 is 2.41 bits per heavy atom. The van der Waals surface area contributed by atoms with Crippen LogP contribution < -0.4 is 9.47 Å². The highest BCUT2D eigenvalue weighted by Gasteiger charge is 2.26. The second-order valence-electron chi connectivity index (χ2n) is 7.48. The molecule has 2 atom stereocenters. The van der Waals surface area contributed by atoms with Crippen molar-refractivity contribution in [2.45, 2.75) is 40.2 Å². The molecule has 1 aromatic carbocycles. The number of hydrogen-bond acceptors (Lipinski definition) is 5. The molecule has 1 amide bonds. The lowest BCUT2D eigenvalue weighted by atomic mass is 9.92. The van der Waals surface area contributed by atoms with E-state index in [9.17, 15) is 9.59 Å². The smallest absolute Gasteiger partial charge is 0.338 e. The van der Waals surface area contributed by atoms with Gasteiger partial charge in [-0.1, -0.05) is 25.4 Å². The van der Waals surface area contributed by atoms with Crippen LogP contribution in [-0.4, -0.2) is 49.7 Å². The van der Waals surface area contributed by atoms with Crippen LogP contribution in [0.25, 0.3) is 0 Å². The molecule has 6 nitrogen and oxygen atoms in total. The molecule has 1 aliphatic heterocycles. The summed E-state index contributed by atoms with van der Waals surface area (Å²) in [6.07, 6.45) is 1.01. The van der Waals surface area contributed by atoms with Gasteiger partial charge in [0, 0.05) is 13.1 Å². The molecular formula is C20H28ClNO5. The Kier molecular flexibility index (Phi) is 7.36. The molecule has 2 rings (SSSR count). The predicted molar refractivity (Wildman–Crippen MR) is 104 cm³/mol. The van der Waals surface area contributed by atoms with Gasteiger partial charge < -0.3 is 19.1 Å². The van der Waals surface area contributed by atoms with Gasteiger partial charge in [0.05, 0.1) is 23.8 Å². The highest BCUT2D eigenvalue weighted by atomic mass is 35.5. The van der Waals surface area contributed by atoms with Gasteiger partial charge >= 0.3 is 5.97 Å². The van der Waals surface area contributed by atoms with Crippen LogP contribution >= 0.6 is 11.6 Å². The Labute approximate surface area is 165 Å². The molecule has 0 aromatic heterocycles. The number of amides is 1. The average molecular weight is 398 g/mol. The highest BCUT2D eigenvalue weighted by Crippen LogP contribution is 2.37. The fraction of sp³-hybridized carbons (Fsp3) is 0.600. The molecule has 7 heteroatoms. The van der Waals surface area contributed by atoms with Crippen LogP contribution in [0.15, 0.2) is 12.1 Å². The van der Waals surface area contributed by atoms with Crippen molar-refractivity contribution in [2.75, 3.05) is 26.8 Å². The Morgan fingerprint density at radius 2 is 1.85 bits per heavy atom. The molecule has 1 heterocycles. The fourth-order valence-corrected chi connectivity index (χ4v) is 3.61. The zero-order valence-electron chi connectivity index (χ0n) is 16.6. The van der Waals surface area contributed by atoms with Gasteiger partial charge in [0.1, 0.15) is 0 Å². The first kappa shape index (κ1) is 21.4. The zero-order valence-corrected chi connectivity index (χ0v) is 17.3. The van der Waals surface area contributed by atoms with Crippen molar-refractivity contribution in [3.63, 3.8) is 0 Å². The summed E-state index contributed by atoms with van der Waals surface area (Å²) in [5.41, 5.74) is 0.209. The number of esters is 1. The van der Waals surface area contributed by atoms with Crippen molar-refractivity contribution in [3.8, 4) is 11.5 Å². The summed E-state index contributed by atoms with van der Waals surface area (Å²) in [6.45, 7) is 9.08. The standard InChI is InChI=1S/C20H28ClNO5/c1-12(2)27-19-16(21)7-15(8-17(19)25-5)20(24)26-11-18(23)22-9-13(3)6-14(4)10-22/h7-8,12-14H,6,9-11H2,1-5H3/t13-,14+. The minimum atomic E-state index is -0.627. The summed E-state index contributed by atoms with van der Waals surface area (Å²) >= 11 is 6.23. The first-order valence-corrected chi connectivity index (χ1v) is 9.58. The SMILES string of the molecule is COc1cc(C(=O)OCC(=O)N2C[C@H](C)C[C@H](C)C2)cc(Cl)c1OC(C)C. The third kappa shape index (κ3) is 5.76. The quantitative estimate of drug-likeness (QED) is 0.683.